The summed E-state index contributed by atoms with van der Waals surface area (Å²) in [6.45, 7) is 0.517. The number of hydrogen-bond acceptors (Lipinski definition) is 5. The van der Waals surface area contributed by atoms with Crippen LogP contribution >= 0.6 is 0 Å². The highest BCUT2D eigenvalue weighted by atomic mass is 16.5. The lowest BCUT2D eigenvalue weighted by Gasteiger charge is -2.35. The van der Waals surface area contributed by atoms with Crippen LogP contribution in [0.25, 0.3) is 11.1 Å². The number of alkyl carbamates (subject to hydrolysis) is 1. The lowest BCUT2D eigenvalue weighted by atomic mass is 9.78. The number of fused-ring (bicyclic) bond motifs is 3. The quantitative estimate of drug-likeness (QED) is 0.495. The van der Waals surface area contributed by atoms with Crippen molar-refractivity contribution in [3.8, 4) is 11.1 Å². The minimum atomic E-state index is -1.08. The van der Waals surface area contributed by atoms with Gasteiger partial charge in [-0.2, -0.15) is 0 Å². The summed E-state index contributed by atoms with van der Waals surface area (Å²) in [5, 5.41) is 14.6. The van der Waals surface area contributed by atoms with Crippen molar-refractivity contribution in [1.82, 2.24) is 10.6 Å². The van der Waals surface area contributed by atoms with Gasteiger partial charge in [0.1, 0.15) is 12.6 Å². The largest absolute Gasteiger partial charge is 0.480 e. The summed E-state index contributed by atoms with van der Waals surface area (Å²) in [6, 6.07) is 15.4. The third kappa shape index (κ3) is 5.39. The second-order valence-corrected chi connectivity index (χ2v) is 8.95. The minimum absolute atomic E-state index is 0.0104. The van der Waals surface area contributed by atoms with Gasteiger partial charge >= 0.3 is 12.1 Å². The number of methoxy groups -OCH3 is 1. The number of benzene rings is 2. The number of carbonyl (C=O) groups is 3. The average molecular weight is 467 g/mol. The summed E-state index contributed by atoms with van der Waals surface area (Å²) < 4.78 is 10.5. The third-order valence-corrected chi connectivity index (χ3v) is 6.62. The summed E-state index contributed by atoms with van der Waals surface area (Å²) in [4.78, 5) is 35.8. The van der Waals surface area contributed by atoms with Gasteiger partial charge in [0.25, 0.3) is 0 Å². The molecule has 1 fully saturated rings. The molecule has 1 atom stereocenters. The molecule has 2 aliphatic carbocycles. The smallest absolute Gasteiger partial charge is 0.407 e. The predicted molar refractivity (Wildman–Crippen MR) is 125 cm³/mol. The van der Waals surface area contributed by atoms with Gasteiger partial charge in [-0.3, -0.25) is 4.79 Å². The van der Waals surface area contributed by atoms with Gasteiger partial charge in [0.05, 0.1) is 0 Å². The fourth-order valence-electron chi connectivity index (χ4n) is 4.84. The summed E-state index contributed by atoms with van der Waals surface area (Å²) in [5.74, 6) is -1.26. The number of aliphatic carboxylic acids is 1. The van der Waals surface area contributed by atoms with E-state index in [4.69, 9.17) is 9.47 Å². The summed E-state index contributed by atoms with van der Waals surface area (Å²) in [5.41, 5.74) is 4.69. The molecule has 0 saturated heterocycles. The molecule has 0 heterocycles. The standard InChI is InChI=1S/C26H30N2O6/c1-33-11-10-23(25(30)31)28-24(29)14-16-12-17(13-16)27-26(32)34-15-22-20-8-4-2-6-18(20)19-7-3-5-9-21(19)22/h2-9,16-17,22-23H,10-15H2,1H3,(H,27,32)(H,28,29)(H,30,31). The van der Waals surface area contributed by atoms with Crippen molar-refractivity contribution in [2.75, 3.05) is 20.3 Å². The van der Waals surface area contributed by atoms with Crippen molar-refractivity contribution in [2.45, 2.75) is 43.7 Å². The van der Waals surface area contributed by atoms with E-state index in [1.807, 2.05) is 24.3 Å². The molecular weight excluding hydrogens is 436 g/mol. The highest BCUT2D eigenvalue weighted by Gasteiger charge is 2.34. The van der Waals surface area contributed by atoms with Crippen LogP contribution < -0.4 is 10.6 Å². The van der Waals surface area contributed by atoms with E-state index in [0.29, 0.717) is 12.8 Å². The molecule has 180 valence electrons. The number of amides is 2. The predicted octanol–water partition coefficient (Wildman–Crippen LogP) is 3.30. The SMILES string of the molecule is COCCC(NC(=O)CC1CC(NC(=O)OCC2c3ccccc3-c3ccccc32)C1)C(=O)O. The number of hydrogen-bond donors (Lipinski definition) is 3. The van der Waals surface area contributed by atoms with Crippen LogP contribution in [0.15, 0.2) is 48.5 Å². The zero-order valence-electron chi connectivity index (χ0n) is 19.2. The molecule has 1 unspecified atom stereocenters. The lowest BCUT2D eigenvalue weighted by molar-refractivity contribution is -0.142. The molecule has 0 radical (unpaired) electrons. The van der Waals surface area contributed by atoms with Crippen LogP contribution in [0, 0.1) is 5.92 Å². The van der Waals surface area contributed by atoms with E-state index < -0.39 is 18.1 Å². The van der Waals surface area contributed by atoms with E-state index in [0.717, 1.165) is 11.1 Å². The number of carboxylic acid groups (broad SMARTS) is 1. The van der Waals surface area contributed by atoms with Crippen molar-refractivity contribution < 1.29 is 29.0 Å². The van der Waals surface area contributed by atoms with Crippen LogP contribution in [0.3, 0.4) is 0 Å². The summed E-state index contributed by atoms with van der Waals surface area (Å²) in [7, 11) is 1.48. The van der Waals surface area contributed by atoms with Gasteiger partial charge in [0.2, 0.25) is 5.91 Å². The Hall–Kier alpha value is -3.39. The number of nitrogens with one attached hydrogen (secondary N) is 2. The van der Waals surface area contributed by atoms with Gasteiger partial charge in [-0.15, -0.1) is 0 Å². The molecule has 2 aromatic carbocycles. The third-order valence-electron chi connectivity index (χ3n) is 6.62. The Balaban J connectivity index is 1.20. The molecule has 3 N–H and O–H groups in total. The highest BCUT2D eigenvalue weighted by Crippen LogP contribution is 2.44. The summed E-state index contributed by atoms with van der Waals surface area (Å²) >= 11 is 0. The first-order valence-electron chi connectivity index (χ1n) is 11.6. The maximum atomic E-state index is 12.4. The Kier molecular flexibility index (Phi) is 7.47. The number of carboxylic acids is 1. The molecule has 2 amide bonds. The molecular formula is C26H30N2O6. The van der Waals surface area contributed by atoms with Crippen LogP contribution in [-0.2, 0) is 19.1 Å². The second-order valence-electron chi connectivity index (χ2n) is 8.95. The maximum Gasteiger partial charge on any atom is 0.407 e. The van der Waals surface area contributed by atoms with Gasteiger partial charge in [0.15, 0.2) is 0 Å². The molecule has 1 saturated carbocycles. The first-order chi connectivity index (χ1) is 16.5. The topological polar surface area (TPSA) is 114 Å². The summed E-state index contributed by atoms with van der Waals surface area (Å²) in [6.07, 6.45) is 1.31. The number of ether oxygens (including phenoxy) is 2. The Labute approximate surface area is 198 Å². The Bertz CT molecular complexity index is 1000. The lowest BCUT2D eigenvalue weighted by Crippen LogP contribution is -2.47. The van der Waals surface area contributed by atoms with Crippen LogP contribution in [-0.4, -0.2) is 55.5 Å². The molecule has 8 nitrogen and oxygen atoms in total. The van der Waals surface area contributed by atoms with Gasteiger partial charge in [0, 0.05) is 38.5 Å². The molecule has 8 heteroatoms. The van der Waals surface area contributed by atoms with Crippen molar-refractivity contribution in [2.24, 2.45) is 5.92 Å². The Morgan fingerprint density at radius 3 is 2.24 bits per heavy atom. The Morgan fingerprint density at radius 2 is 1.65 bits per heavy atom. The van der Waals surface area contributed by atoms with E-state index in [9.17, 15) is 19.5 Å². The Morgan fingerprint density at radius 1 is 1.03 bits per heavy atom. The fourth-order valence-corrected chi connectivity index (χ4v) is 4.84. The normalized spacial score (nSPS) is 19.3. The van der Waals surface area contributed by atoms with Gasteiger partial charge in [-0.1, -0.05) is 48.5 Å². The molecule has 0 aromatic heterocycles. The maximum absolute atomic E-state index is 12.4. The number of carbonyl (C=O) groups excluding carboxylic acids is 2. The molecule has 0 spiro atoms. The monoisotopic (exact) mass is 466 g/mol. The molecule has 34 heavy (non-hydrogen) atoms. The van der Waals surface area contributed by atoms with Crippen LogP contribution in [0.2, 0.25) is 0 Å². The van der Waals surface area contributed by atoms with E-state index in [-0.39, 0.29) is 49.8 Å². The van der Waals surface area contributed by atoms with Crippen molar-refractivity contribution in [3.05, 3.63) is 59.7 Å². The molecule has 0 aliphatic heterocycles. The van der Waals surface area contributed by atoms with Gasteiger partial charge in [-0.25, -0.2) is 9.59 Å². The first kappa shape index (κ1) is 23.8. The first-order valence-corrected chi connectivity index (χ1v) is 11.6. The van der Waals surface area contributed by atoms with E-state index in [1.54, 1.807) is 0 Å². The van der Waals surface area contributed by atoms with E-state index >= 15 is 0 Å². The van der Waals surface area contributed by atoms with E-state index in [1.165, 1.54) is 18.2 Å². The van der Waals surface area contributed by atoms with Crippen molar-refractivity contribution in [3.63, 3.8) is 0 Å². The fraction of sp³-hybridized carbons (Fsp3) is 0.423. The van der Waals surface area contributed by atoms with E-state index in [2.05, 4.69) is 34.9 Å². The minimum Gasteiger partial charge on any atom is -0.480 e. The highest BCUT2D eigenvalue weighted by molar-refractivity contribution is 5.83. The van der Waals surface area contributed by atoms with Crippen LogP contribution in [0.1, 0.15) is 42.7 Å². The molecule has 2 aromatic rings. The molecule has 0 bridgehead atoms. The van der Waals surface area contributed by atoms with Crippen molar-refractivity contribution in [1.29, 1.82) is 0 Å². The van der Waals surface area contributed by atoms with Gasteiger partial charge in [-0.05, 0) is 41.0 Å². The van der Waals surface area contributed by atoms with Crippen molar-refractivity contribution >= 4 is 18.0 Å². The number of rotatable bonds is 10. The molecule has 4 rings (SSSR count). The average Bonchev–Trinajstić information content (AvgIpc) is 3.12. The zero-order valence-corrected chi connectivity index (χ0v) is 19.2. The van der Waals surface area contributed by atoms with Crippen LogP contribution in [0.4, 0.5) is 4.79 Å². The second kappa shape index (κ2) is 10.7. The molecule has 2 aliphatic rings. The zero-order chi connectivity index (χ0) is 24.1. The van der Waals surface area contributed by atoms with Gasteiger partial charge < -0.3 is 25.2 Å². The van der Waals surface area contributed by atoms with Crippen LogP contribution in [0.5, 0.6) is 0 Å².